The smallest absolute Gasteiger partial charge is 0.266 e. The summed E-state index contributed by atoms with van der Waals surface area (Å²) in [5.41, 5.74) is 2.11. The molecule has 2 N–H and O–H groups in total. The quantitative estimate of drug-likeness (QED) is 0.707. The van der Waals surface area contributed by atoms with Crippen molar-refractivity contribution in [1.82, 2.24) is 9.71 Å². The number of ether oxygens (including phenoxy) is 1. The van der Waals surface area contributed by atoms with E-state index < -0.39 is 10.0 Å². The molecule has 0 aliphatic carbocycles. The SMILES string of the molecule is Cc1cccnc1CN=C1Nc2c(Oc3ccccc3)cccc2S(=O)(=O)N1. The molecule has 3 aromatic rings. The van der Waals surface area contributed by atoms with Crippen molar-refractivity contribution in [1.29, 1.82) is 0 Å². The number of anilines is 1. The Morgan fingerprint density at radius 1 is 1.04 bits per heavy atom. The van der Waals surface area contributed by atoms with Gasteiger partial charge in [-0.2, -0.15) is 0 Å². The van der Waals surface area contributed by atoms with E-state index in [0.29, 0.717) is 17.2 Å². The van der Waals surface area contributed by atoms with E-state index in [1.165, 1.54) is 6.07 Å². The second kappa shape index (κ2) is 7.32. The topological polar surface area (TPSA) is 92.7 Å². The molecule has 2 aromatic carbocycles. The minimum absolute atomic E-state index is 0.105. The average molecular weight is 394 g/mol. The number of hydrogen-bond donors (Lipinski definition) is 2. The molecule has 142 valence electrons. The van der Waals surface area contributed by atoms with Crippen LogP contribution < -0.4 is 14.8 Å². The van der Waals surface area contributed by atoms with Crippen molar-refractivity contribution in [3.05, 3.63) is 78.1 Å². The number of nitrogens with one attached hydrogen (secondary N) is 2. The van der Waals surface area contributed by atoms with Gasteiger partial charge < -0.3 is 10.1 Å². The van der Waals surface area contributed by atoms with Crippen LogP contribution in [0.2, 0.25) is 0 Å². The largest absolute Gasteiger partial charge is 0.455 e. The first-order valence-electron chi connectivity index (χ1n) is 8.64. The molecule has 0 amide bonds. The third-order valence-electron chi connectivity index (χ3n) is 4.23. The van der Waals surface area contributed by atoms with Gasteiger partial charge in [-0.05, 0) is 42.8 Å². The zero-order chi connectivity index (χ0) is 19.6. The van der Waals surface area contributed by atoms with Crippen molar-refractivity contribution < 1.29 is 13.2 Å². The lowest BCUT2D eigenvalue weighted by molar-refractivity contribution is 0.483. The minimum atomic E-state index is -3.76. The Hall–Kier alpha value is -3.39. The monoisotopic (exact) mass is 394 g/mol. The van der Waals surface area contributed by atoms with Gasteiger partial charge in [-0.25, -0.2) is 18.1 Å². The van der Waals surface area contributed by atoms with Gasteiger partial charge in [0.05, 0.1) is 12.2 Å². The molecule has 8 heteroatoms. The number of rotatable bonds is 4. The number of aliphatic imine (C=N–C) groups is 1. The predicted molar refractivity (Wildman–Crippen MR) is 107 cm³/mol. The Bertz CT molecular complexity index is 1150. The summed E-state index contributed by atoms with van der Waals surface area (Å²) in [6.07, 6.45) is 1.68. The predicted octanol–water partition coefficient (Wildman–Crippen LogP) is 3.44. The maximum atomic E-state index is 12.7. The molecule has 0 bridgehead atoms. The Kier molecular flexibility index (Phi) is 4.70. The summed E-state index contributed by atoms with van der Waals surface area (Å²) < 4.78 is 33.7. The number of sulfonamides is 1. The van der Waals surface area contributed by atoms with Crippen LogP contribution in [0.3, 0.4) is 0 Å². The van der Waals surface area contributed by atoms with Gasteiger partial charge in [0.15, 0.2) is 5.75 Å². The number of nitrogens with zero attached hydrogens (tertiary/aromatic N) is 2. The van der Waals surface area contributed by atoms with Crippen molar-refractivity contribution in [2.45, 2.75) is 18.4 Å². The number of hydrogen-bond acceptors (Lipinski definition) is 5. The summed E-state index contributed by atoms with van der Waals surface area (Å²) in [5.74, 6) is 1.13. The van der Waals surface area contributed by atoms with Gasteiger partial charge in [-0.3, -0.25) is 4.98 Å². The highest BCUT2D eigenvalue weighted by Crippen LogP contribution is 2.36. The summed E-state index contributed by atoms with van der Waals surface area (Å²) in [7, 11) is -3.76. The van der Waals surface area contributed by atoms with Crippen molar-refractivity contribution in [2.75, 3.05) is 5.32 Å². The number of benzene rings is 2. The molecule has 0 atom stereocenters. The van der Waals surface area contributed by atoms with Crippen LogP contribution in [0.25, 0.3) is 0 Å². The fourth-order valence-corrected chi connectivity index (χ4v) is 3.95. The molecule has 0 radical (unpaired) electrons. The van der Waals surface area contributed by atoms with Gasteiger partial charge in [0, 0.05) is 6.20 Å². The molecule has 1 aliphatic heterocycles. The summed E-state index contributed by atoms with van der Waals surface area (Å²) in [5, 5.41) is 3.04. The lowest BCUT2D eigenvalue weighted by Gasteiger charge is -2.23. The van der Waals surface area contributed by atoms with Crippen LogP contribution in [-0.4, -0.2) is 19.4 Å². The van der Waals surface area contributed by atoms with Crippen LogP contribution in [0.5, 0.6) is 11.5 Å². The van der Waals surface area contributed by atoms with E-state index in [9.17, 15) is 8.42 Å². The van der Waals surface area contributed by atoms with E-state index in [1.54, 1.807) is 30.5 Å². The fourth-order valence-electron chi connectivity index (χ4n) is 2.79. The Morgan fingerprint density at radius 2 is 1.86 bits per heavy atom. The number of pyridine rings is 1. The van der Waals surface area contributed by atoms with E-state index in [-0.39, 0.29) is 17.4 Å². The zero-order valence-electron chi connectivity index (χ0n) is 15.1. The fraction of sp³-hybridized carbons (Fsp3) is 0.100. The molecule has 4 rings (SSSR count). The number of fused-ring (bicyclic) bond motifs is 1. The van der Waals surface area contributed by atoms with Gasteiger partial charge >= 0.3 is 0 Å². The third kappa shape index (κ3) is 3.67. The van der Waals surface area contributed by atoms with Gasteiger partial charge in [0.1, 0.15) is 16.3 Å². The first kappa shape index (κ1) is 18.0. The van der Waals surface area contributed by atoms with Crippen LogP contribution in [0.15, 0.2) is 76.7 Å². The summed E-state index contributed by atoms with van der Waals surface area (Å²) in [6, 6.07) is 17.8. The highest BCUT2D eigenvalue weighted by Gasteiger charge is 2.29. The van der Waals surface area contributed by atoms with Gasteiger partial charge in [-0.15, -0.1) is 0 Å². The third-order valence-corrected chi connectivity index (χ3v) is 5.61. The molecule has 28 heavy (non-hydrogen) atoms. The van der Waals surface area contributed by atoms with E-state index in [1.807, 2.05) is 37.3 Å². The minimum Gasteiger partial charge on any atom is -0.455 e. The van der Waals surface area contributed by atoms with Crippen molar-refractivity contribution in [3.8, 4) is 11.5 Å². The Morgan fingerprint density at radius 3 is 2.64 bits per heavy atom. The van der Waals surface area contributed by atoms with Crippen molar-refractivity contribution >= 4 is 21.7 Å². The van der Waals surface area contributed by atoms with Crippen molar-refractivity contribution in [3.63, 3.8) is 0 Å². The van der Waals surface area contributed by atoms with Crippen molar-refractivity contribution in [2.24, 2.45) is 4.99 Å². The molecule has 0 fully saturated rings. The molecule has 0 saturated carbocycles. The normalized spacial score (nSPS) is 16.0. The second-order valence-electron chi connectivity index (χ2n) is 6.21. The molecule has 0 unspecified atom stereocenters. The average Bonchev–Trinajstić information content (AvgIpc) is 2.68. The first-order valence-corrected chi connectivity index (χ1v) is 10.1. The van der Waals surface area contributed by atoms with E-state index >= 15 is 0 Å². The van der Waals surface area contributed by atoms with Gasteiger partial charge in [0.2, 0.25) is 5.96 Å². The van der Waals surface area contributed by atoms with Crippen LogP contribution in [0, 0.1) is 6.92 Å². The summed E-state index contributed by atoms with van der Waals surface area (Å²) >= 11 is 0. The standard InChI is InChI=1S/C20H18N4O3S/c1-14-7-6-12-21-16(14)13-22-20-23-19-17(27-15-8-3-2-4-9-15)10-5-11-18(19)28(25,26)24-20/h2-12H,13H2,1H3,(H2,22,23,24). The Balaban J connectivity index is 1.67. The molecule has 2 heterocycles. The second-order valence-corrected chi connectivity index (χ2v) is 7.86. The number of guanidine groups is 1. The molecular weight excluding hydrogens is 376 g/mol. The molecule has 0 saturated heterocycles. The molecular formula is C20H18N4O3S. The highest BCUT2D eigenvalue weighted by molar-refractivity contribution is 7.90. The van der Waals surface area contributed by atoms with E-state index in [2.05, 4.69) is 20.0 Å². The van der Waals surface area contributed by atoms with Crippen LogP contribution in [0.1, 0.15) is 11.3 Å². The summed E-state index contributed by atoms with van der Waals surface area (Å²) in [6.45, 7) is 2.18. The molecule has 1 aromatic heterocycles. The van der Waals surface area contributed by atoms with Gasteiger partial charge in [0.25, 0.3) is 10.0 Å². The molecule has 7 nitrogen and oxygen atoms in total. The van der Waals surface area contributed by atoms with Gasteiger partial charge in [-0.1, -0.05) is 30.3 Å². The highest BCUT2D eigenvalue weighted by atomic mass is 32.2. The lowest BCUT2D eigenvalue weighted by Crippen LogP contribution is -2.40. The molecule has 0 spiro atoms. The van der Waals surface area contributed by atoms with Crippen LogP contribution >= 0.6 is 0 Å². The zero-order valence-corrected chi connectivity index (χ0v) is 15.9. The maximum Gasteiger partial charge on any atom is 0.266 e. The number of aryl methyl sites for hydroxylation is 1. The van der Waals surface area contributed by atoms with Crippen LogP contribution in [-0.2, 0) is 16.6 Å². The van der Waals surface area contributed by atoms with E-state index in [4.69, 9.17) is 4.74 Å². The number of para-hydroxylation sites is 2. The Labute approximate surface area is 163 Å². The molecule has 1 aliphatic rings. The lowest BCUT2D eigenvalue weighted by atomic mass is 10.2. The first-order chi connectivity index (χ1) is 13.5. The maximum absolute atomic E-state index is 12.7. The number of aromatic nitrogens is 1. The van der Waals surface area contributed by atoms with Crippen LogP contribution in [0.4, 0.5) is 5.69 Å². The van der Waals surface area contributed by atoms with E-state index in [0.717, 1.165) is 11.3 Å². The summed E-state index contributed by atoms with van der Waals surface area (Å²) in [4.78, 5) is 8.74.